The van der Waals surface area contributed by atoms with Gasteiger partial charge in [0.05, 0.1) is 0 Å². The van der Waals surface area contributed by atoms with Crippen LogP contribution in [0.1, 0.15) is 13.3 Å². The zero-order chi connectivity index (χ0) is 4.28. The van der Waals surface area contributed by atoms with Crippen molar-refractivity contribution in [1.29, 1.82) is 0 Å². The molecular weight excluding hydrogens is 170 g/mol. The van der Waals surface area contributed by atoms with Crippen LogP contribution < -0.4 is 0 Å². The van der Waals surface area contributed by atoms with Gasteiger partial charge in [0.1, 0.15) is 0 Å². The van der Waals surface area contributed by atoms with Crippen molar-refractivity contribution in [3.05, 3.63) is 0 Å². The molecule has 7 heavy (non-hydrogen) atoms. The van der Waals surface area contributed by atoms with Crippen LogP contribution in [0.2, 0.25) is 0 Å². The molecule has 40 valence electrons. The molecule has 0 fully saturated rings. The van der Waals surface area contributed by atoms with Crippen molar-refractivity contribution in [1.82, 2.24) is 0 Å². The fraction of sp³-hybridized carbons (Fsp3) is 0.667. The Morgan fingerprint density at radius 1 is 1.57 bits per heavy atom. The second kappa shape index (κ2) is 9.81. The molecule has 1 N–H and O–H groups in total. The molecule has 0 saturated carbocycles. The van der Waals surface area contributed by atoms with E-state index in [2.05, 4.69) is 0 Å². The summed E-state index contributed by atoms with van der Waals surface area (Å²) in [4.78, 5) is 9.37. The third-order valence-electron chi connectivity index (χ3n) is 0.302. The summed E-state index contributed by atoms with van der Waals surface area (Å²) in [7, 11) is 0. The maximum atomic E-state index is 9.37. The molecule has 0 atom stereocenters. The molecule has 0 heterocycles. The van der Waals surface area contributed by atoms with Crippen LogP contribution in [0.4, 0.5) is 0 Å². The average molecular weight is 176 g/mol. The summed E-state index contributed by atoms with van der Waals surface area (Å²) < 4.78 is 0. The zero-order valence-corrected chi connectivity index (χ0v) is 6.75. The largest absolute Gasteiger partial charge is 0.481 e. The molecule has 2 radical (unpaired) electrons. The topological polar surface area (TPSA) is 37.3 Å². The Balaban J connectivity index is -0.0000000800. The summed E-state index contributed by atoms with van der Waals surface area (Å²) in [6.45, 7) is 1.60. The van der Waals surface area contributed by atoms with E-state index in [4.69, 9.17) is 5.11 Å². The summed E-state index contributed by atoms with van der Waals surface area (Å²) in [5.41, 5.74) is 0. The molecule has 0 aliphatic heterocycles. The van der Waals surface area contributed by atoms with E-state index in [1.165, 1.54) is 0 Å². The quantitative estimate of drug-likeness (QED) is 0.630. The van der Waals surface area contributed by atoms with Gasteiger partial charge in [0.2, 0.25) is 0 Å². The third-order valence-corrected chi connectivity index (χ3v) is 0.302. The molecule has 0 aromatic heterocycles. The van der Waals surface area contributed by atoms with Gasteiger partial charge in [-0.05, 0) is 0 Å². The molecule has 0 aromatic rings. The SMILES string of the molecule is CCC(=O)O.[V].[V]. The second-order valence-electron chi connectivity index (χ2n) is 0.747. The minimum absolute atomic E-state index is 0. The van der Waals surface area contributed by atoms with Crippen LogP contribution in [0.15, 0.2) is 0 Å². The van der Waals surface area contributed by atoms with Gasteiger partial charge in [0.15, 0.2) is 0 Å². The van der Waals surface area contributed by atoms with Crippen LogP contribution in [0.25, 0.3) is 0 Å². The molecule has 0 amide bonds. The van der Waals surface area contributed by atoms with Crippen LogP contribution in [0.3, 0.4) is 0 Å². The Bertz CT molecular complexity index is 46.2. The van der Waals surface area contributed by atoms with Gasteiger partial charge in [-0.2, -0.15) is 0 Å². The summed E-state index contributed by atoms with van der Waals surface area (Å²) >= 11 is 0. The minimum atomic E-state index is -0.745. The molecule has 0 aliphatic carbocycles. The molecule has 0 rings (SSSR count). The molecule has 2 nitrogen and oxygen atoms in total. The van der Waals surface area contributed by atoms with Crippen LogP contribution in [-0.4, -0.2) is 11.1 Å². The first-order valence-electron chi connectivity index (χ1n) is 1.49. The van der Waals surface area contributed by atoms with E-state index in [-0.39, 0.29) is 43.5 Å². The first-order chi connectivity index (χ1) is 2.27. The first-order valence-corrected chi connectivity index (χ1v) is 1.49. The van der Waals surface area contributed by atoms with Crippen LogP contribution in [0.5, 0.6) is 0 Å². The van der Waals surface area contributed by atoms with Crippen molar-refractivity contribution >= 4 is 5.97 Å². The van der Waals surface area contributed by atoms with Crippen molar-refractivity contribution in [2.75, 3.05) is 0 Å². The Hall–Kier alpha value is 0.639. The van der Waals surface area contributed by atoms with E-state index in [1.807, 2.05) is 0 Å². The number of carboxylic acids is 1. The summed E-state index contributed by atoms with van der Waals surface area (Å²) in [5, 5.41) is 7.72. The molecule has 0 unspecified atom stereocenters. The van der Waals surface area contributed by atoms with E-state index in [0.717, 1.165) is 0 Å². The average Bonchev–Trinajstić information content (AvgIpc) is 1.38. The molecular formula is C3H6O2V2. The maximum Gasteiger partial charge on any atom is 0.303 e. The van der Waals surface area contributed by atoms with Crippen LogP contribution in [-0.2, 0) is 41.9 Å². The maximum absolute atomic E-state index is 9.37. The van der Waals surface area contributed by atoms with E-state index >= 15 is 0 Å². The van der Waals surface area contributed by atoms with Gasteiger partial charge in [-0.25, -0.2) is 0 Å². The standard InChI is InChI=1S/C3H6O2.2V/c1-2-3(4)5;;/h2H2,1H3,(H,4,5);;. The Labute approximate surface area is 66.4 Å². The predicted octanol–water partition coefficient (Wildman–Crippen LogP) is 0.476. The molecule has 0 aromatic carbocycles. The first kappa shape index (κ1) is 15.6. The Kier molecular flexibility index (Phi) is 21.9. The Morgan fingerprint density at radius 3 is 1.71 bits per heavy atom. The van der Waals surface area contributed by atoms with Gasteiger partial charge in [-0.15, -0.1) is 0 Å². The smallest absolute Gasteiger partial charge is 0.303 e. The number of hydrogen-bond acceptors (Lipinski definition) is 1. The second-order valence-corrected chi connectivity index (χ2v) is 0.747. The van der Waals surface area contributed by atoms with Crippen molar-refractivity contribution in [2.45, 2.75) is 13.3 Å². The number of hydrogen-bond donors (Lipinski definition) is 1. The van der Waals surface area contributed by atoms with Crippen molar-refractivity contribution in [2.24, 2.45) is 0 Å². The third kappa shape index (κ3) is 20.5. The van der Waals surface area contributed by atoms with Gasteiger partial charge in [0.25, 0.3) is 0 Å². The zero-order valence-electron chi connectivity index (χ0n) is 3.96. The van der Waals surface area contributed by atoms with Crippen molar-refractivity contribution < 1.29 is 47.0 Å². The van der Waals surface area contributed by atoms with Crippen LogP contribution in [0, 0.1) is 0 Å². The number of rotatable bonds is 1. The van der Waals surface area contributed by atoms with Gasteiger partial charge >= 0.3 is 5.97 Å². The number of carboxylic acid groups (broad SMARTS) is 1. The normalized spacial score (nSPS) is 5.29. The van der Waals surface area contributed by atoms with Crippen LogP contribution >= 0.6 is 0 Å². The fourth-order valence-electron chi connectivity index (χ4n) is 0. The van der Waals surface area contributed by atoms with Gasteiger partial charge in [-0.1, -0.05) is 6.92 Å². The van der Waals surface area contributed by atoms with E-state index in [1.54, 1.807) is 6.92 Å². The van der Waals surface area contributed by atoms with E-state index in [0.29, 0.717) is 0 Å². The molecule has 0 aliphatic rings. The molecule has 4 heteroatoms. The van der Waals surface area contributed by atoms with Gasteiger partial charge < -0.3 is 5.11 Å². The minimum Gasteiger partial charge on any atom is -0.481 e. The fourth-order valence-corrected chi connectivity index (χ4v) is 0. The summed E-state index contributed by atoms with van der Waals surface area (Å²) in [6.07, 6.45) is 0.222. The van der Waals surface area contributed by atoms with E-state index < -0.39 is 5.97 Å². The monoisotopic (exact) mass is 176 g/mol. The molecule has 0 saturated heterocycles. The van der Waals surface area contributed by atoms with Gasteiger partial charge in [-0.3, -0.25) is 4.79 Å². The Morgan fingerprint density at radius 2 is 1.71 bits per heavy atom. The molecule has 0 bridgehead atoms. The van der Waals surface area contributed by atoms with Gasteiger partial charge in [0, 0.05) is 43.5 Å². The summed E-state index contributed by atoms with van der Waals surface area (Å²) in [5.74, 6) is -0.745. The predicted molar refractivity (Wildman–Crippen MR) is 17.9 cm³/mol. The number of aliphatic carboxylic acids is 1. The van der Waals surface area contributed by atoms with E-state index in [9.17, 15) is 4.79 Å². The van der Waals surface area contributed by atoms with Crippen molar-refractivity contribution in [3.63, 3.8) is 0 Å². The number of carbonyl (C=O) groups is 1. The molecule has 0 spiro atoms. The summed E-state index contributed by atoms with van der Waals surface area (Å²) in [6, 6.07) is 0. The van der Waals surface area contributed by atoms with Crippen molar-refractivity contribution in [3.8, 4) is 0 Å².